The van der Waals surface area contributed by atoms with E-state index in [1.165, 1.54) is 72.4 Å². The molecule has 3 amide bonds. The van der Waals surface area contributed by atoms with Gasteiger partial charge in [-0.05, 0) is 195 Å². The first kappa shape index (κ1) is 89.5. The second kappa shape index (κ2) is 39.3. The van der Waals surface area contributed by atoms with Gasteiger partial charge in [0.05, 0.1) is 84.9 Å². The highest BCUT2D eigenvalue weighted by Crippen LogP contribution is 2.54. The van der Waals surface area contributed by atoms with Gasteiger partial charge >= 0.3 is 0 Å². The number of H-pyrrole nitrogens is 4. The van der Waals surface area contributed by atoms with Gasteiger partial charge in [0.25, 0.3) is 0 Å². The van der Waals surface area contributed by atoms with E-state index in [0.29, 0.717) is 25.3 Å². The van der Waals surface area contributed by atoms with Crippen molar-refractivity contribution in [2.75, 3.05) is 146 Å². The normalized spacial score (nSPS) is 18.6. The number of nitrogens with one attached hydrogen (secondary N) is 5. The second-order valence-corrected chi connectivity index (χ2v) is 50.1. The topological polar surface area (TPSA) is 237 Å². The summed E-state index contributed by atoms with van der Waals surface area (Å²) >= 11 is 5.55. The van der Waals surface area contributed by atoms with Crippen LogP contribution in [0, 0.1) is 0 Å². The highest BCUT2D eigenvalue weighted by Gasteiger charge is 2.52. The molecule has 3 fully saturated rings. The number of aryl methyl sites for hydroxylation is 6. The van der Waals surface area contributed by atoms with E-state index in [1.807, 2.05) is 15.6 Å². The largest absolute Gasteiger partial charge is 0.379 e. The smallest absolute Gasteiger partial charge is 0.237 e. The predicted octanol–water partition coefficient (Wildman–Crippen LogP) is 18.1. The highest BCUT2D eigenvalue weighted by atomic mass is 35.5. The first-order chi connectivity index (χ1) is 59.1. The summed E-state index contributed by atoms with van der Waals surface area (Å²) in [5, 5.41) is 24.5. The van der Waals surface area contributed by atoms with E-state index >= 15 is 0 Å². The molecule has 0 saturated carbocycles. The molecule has 3 saturated heterocycles. The molecular weight excluding hydrogens is 1580 g/mol. The van der Waals surface area contributed by atoms with E-state index in [9.17, 15) is 14.4 Å². The van der Waals surface area contributed by atoms with Crippen LogP contribution in [0.2, 0.25) is 51.4 Å². The summed E-state index contributed by atoms with van der Waals surface area (Å²) in [4.78, 5) is 64.4. The highest BCUT2D eigenvalue weighted by molar-refractivity contribution is 6.76. The molecule has 662 valence electrons. The summed E-state index contributed by atoms with van der Waals surface area (Å²) in [6.45, 7) is 45.0. The molecule has 26 heteroatoms. The summed E-state index contributed by atoms with van der Waals surface area (Å²) in [6.07, 6.45) is 27.0. The Kier molecular flexibility index (Phi) is 28.9. The van der Waals surface area contributed by atoms with Crippen molar-refractivity contribution in [2.24, 2.45) is 0 Å². The number of hydrogen-bond donors (Lipinski definition) is 5. The molecule has 6 aromatic heterocycles. The SMILES string of the molecule is CCCC1(CCC)C(=O)N(CCN2CCOCC2)c2cc3c4c([nH]c3cc21)-c1[nH]ncc1CCC4.CCCC1(CCC)C(=O)N(CCN2CCOCC2)c2cc3c4c([nH]c3cc21)-c1nn(COCC[Si](C)(C)C)cc1CCC4.CCCC1(CCC)C(=O)Nc2cc3c4c([nH]c3cc21)-c1nn(COCC[Si](C)(C)C)cc1CCC4.ClCCN1CCOCC1. The summed E-state index contributed by atoms with van der Waals surface area (Å²) < 4.78 is 32.2. The molecule has 0 atom stereocenters. The summed E-state index contributed by atoms with van der Waals surface area (Å²) in [7, 11) is -2.22. The molecule has 0 bridgehead atoms. The molecule has 0 unspecified atom stereocenters. The summed E-state index contributed by atoms with van der Waals surface area (Å²) in [6, 6.07) is 16.1. The maximum Gasteiger partial charge on any atom is 0.237 e. The number of carbonyl (C=O) groups is 3. The van der Waals surface area contributed by atoms with Gasteiger partial charge in [-0.1, -0.05) is 119 Å². The van der Waals surface area contributed by atoms with Crippen molar-refractivity contribution in [1.82, 2.24) is 59.4 Å². The minimum atomic E-state index is -1.12. The molecule has 3 aromatic carbocycles. The summed E-state index contributed by atoms with van der Waals surface area (Å²) in [5.74, 6) is 1.51. The maximum atomic E-state index is 14.4. The Bertz CT molecular complexity index is 5080. The first-order valence-electron chi connectivity index (χ1n) is 46.9. The molecule has 9 aromatic rings. The molecule has 0 spiro atoms. The molecule has 6 aliphatic heterocycles. The van der Waals surface area contributed by atoms with Gasteiger partial charge in [0, 0.05) is 169 Å². The molecule has 18 rings (SSSR count). The number of carbonyl (C=O) groups excluding carboxylic acids is 3. The van der Waals surface area contributed by atoms with E-state index in [2.05, 4.69) is 185 Å². The molecule has 3 aliphatic carbocycles. The lowest BCUT2D eigenvalue weighted by Gasteiger charge is -2.30. The van der Waals surface area contributed by atoms with Crippen LogP contribution in [0.5, 0.6) is 0 Å². The van der Waals surface area contributed by atoms with E-state index in [4.69, 9.17) is 45.5 Å². The van der Waals surface area contributed by atoms with Gasteiger partial charge in [-0.3, -0.25) is 34.2 Å². The number of ether oxygens (including phenoxy) is 5. The molecule has 5 N–H and O–H groups in total. The number of halogens is 1. The van der Waals surface area contributed by atoms with Crippen LogP contribution in [0.1, 0.15) is 188 Å². The molecule has 12 heterocycles. The van der Waals surface area contributed by atoms with Crippen LogP contribution < -0.4 is 15.1 Å². The van der Waals surface area contributed by atoms with Gasteiger partial charge in [-0.15, -0.1) is 11.6 Å². The minimum Gasteiger partial charge on any atom is -0.379 e. The minimum absolute atomic E-state index is 0.171. The number of hydrogen-bond acceptors (Lipinski definition) is 14. The number of amides is 3. The van der Waals surface area contributed by atoms with Gasteiger partial charge in [-0.25, -0.2) is 9.36 Å². The van der Waals surface area contributed by atoms with Crippen molar-refractivity contribution in [3.05, 3.63) is 105 Å². The number of nitrogens with zero attached hydrogens (tertiary/aromatic N) is 10. The van der Waals surface area contributed by atoms with Crippen LogP contribution >= 0.6 is 11.6 Å². The standard InChI is InChI=1S/C34H51N5O3Si.C28H37N5O2.C28H40N4O2Si.C6H12ClNO/c1-6-11-34(12-7-2)28-22-29-27(21-30(28)39(33(34)40)14-13-37-15-17-41-18-16-37)26-10-8-9-25-23-38(36-31(25)32(26)35-29)24-42-19-20-43(3,4)5;1-3-8-28(9-4-2)22-17-23-21(20-7-5-6-19-18-29-31-25(19)26(20)30-23)16-24(22)33(27(28)34)11-10-32-12-14-35-15-13-32;1-6-11-28(12-7-2)22-16-23-21(15-24(22)30-27(28)33)20-10-8-9-19-17-32(31-25(19)26(20)29-23)18-34-13-14-35(3,4)5;7-1-2-8-3-5-9-6-4-8/h21-23,35H,6-20,24H2,1-5H3;16-18,30H,3-15H2,1-2H3,(H,29,31);15-17,29H,6-14,18H2,1-5H3,(H,30,33);1-6H2. The average molecular weight is 1720 g/mol. The Balaban J connectivity index is 0.000000136. The van der Waals surface area contributed by atoms with E-state index in [0.717, 1.165) is 339 Å². The van der Waals surface area contributed by atoms with Gasteiger partial charge in [0.15, 0.2) is 0 Å². The number of rotatable bonds is 30. The number of morpholine rings is 3. The molecule has 23 nitrogen and oxygen atoms in total. The predicted molar refractivity (Wildman–Crippen MR) is 500 cm³/mol. The Hall–Kier alpha value is -7.28. The van der Waals surface area contributed by atoms with Crippen molar-refractivity contribution in [3.8, 4) is 34.2 Å². The zero-order valence-electron chi connectivity index (χ0n) is 75.6. The lowest BCUT2D eigenvalue weighted by Crippen LogP contribution is -2.45. The molecular formula is C96H140ClN15O8Si2. The number of anilines is 3. The van der Waals surface area contributed by atoms with Crippen LogP contribution in [-0.4, -0.2) is 224 Å². The van der Waals surface area contributed by atoms with Crippen LogP contribution in [-0.2, 0) is 106 Å². The number of aromatic nitrogens is 9. The van der Waals surface area contributed by atoms with E-state index in [1.54, 1.807) is 0 Å². The fourth-order valence-electron chi connectivity index (χ4n) is 21.2. The van der Waals surface area contributed by atoms with Crippen LogP contribution in [0.3, 0.4) is 0 Å². The Morgan fingerprint density at radius 3 is 1.25 bits per heavy atom. The fourth-order valence-corrected chi connectivity index (χ4v) is 23.0. The summed E-state index contributed by atoms with van der Waals surface area (Å²) in [5.41, 5.74) is 23.6. The van der Waals surface area contributed by atoms with Crippen molar-refractivity contribution in [3.63, 3.8) is 0 Å². The molecule has 122 heavy (non-hydrogen) atoms. The second-order valence-electron chi connectivity index (χ2n) is 38.5. The van der Waals surface area contributed by atoms with Crippen molar-refractivity contribution >= 4 is 95.2 Å². The zero-order chi connectivity index (χ0) is 85.5. The third-order valence-electron chi connectivity index (χ3n) is 27.4. The first-order valence-corrected chi connectivity index (χ1v) is 54.8. The lowest BCUT2D eigenvalue weighted by atomic mass is 9.74. The maximum absolute atomic E-state index is 14.4. The van der Waals surface area contributed by atoms with Crippen LogP contribution in [0.4, 0.5) is 17.1 Å². The average Bonchev–Trinajstić information content (AvgIpc) is 1.57. The van der Waals surface area contributed by atoms with Gasteiger partial charge in [0.2, 0.25) is 17.7 Å². The molecule has 9 aliphatic rings. The van der Waals surface area contributed by atoms with E-state index in [-0.39, 0.29) is 5.91 Å². The number of fused-ring (bicyclic) bond motifs is 18. The fraction of sp³-hybridized carbons (Fsp3) is 0.625. The number of alkyl halides is 1. The Labute approximate surface area is 730 Å². The number of aromatic amines is 4. The zero-order valence-corrected chi connectivity index (χ0v) is 78.4. The van der Waals surface area contributed by atoms with Crippen molar-refractivity contribution in [2.45, 2.75) is 257 Å². The van der Waals surface area contributed by atoms with Crippen molar-refractivity contribution < 1.29 is 38.1 Å². The monoisotopic (exact) mass is 1720 g/mol. The number of benzene rings is 3. The third kappa shape index (κ3) is 18.8. The van der Waals surface area contributed by atoms with Gasteiger partial charge < -0.3 is 53.8 Å². The molecule has 0 radical (unpaired) electrons. The van der Waals surface area contributed by atoms with Gasteiger partial charge in [0.1, 0.15) is 24.8 Å². The third-order valence-corrected chi connectivity index (χ3v) is 31.0. The van der Waals surface area contributed by atoms with Crippen molar-refractivity contribution in [1.29, 1.82) is 0 Å². The van der Waals surface area contributed by atoms with Crippen LogP contribution in [0.15, 0.2) is 55.0 Å². The lowest BCUT2D eigenvalue weighted by molar-refractivity contribution is -0.124. The van der Waals surface area contributed by atoms with Gasteiger partial charge in [-0.2, -0.15) is 15.3 Å². The quantitative estimate of drug-likeness (QED) is 0.0160. The Morgan fingerprint density at radius 1 is 0.451 bits per heavy atom. The van der Waals surface area contributed by atoms with E-state index < -0.39 is 32.4 Å². The Morgan fingerprint density at radius 2 is 0.836 bits per heavy atom. The van der Waals surface area contributed by atoms with Crippen LogP contribution in [0.25, 0.3) is 66.9 Å².